The molecule has 2 heterocycles. The fraction of sp³-hybridized carbons (Fsp3) is 0.182. The van der Waals surface area contributed by atoms with Crippen molar-refractivity contribution in [3.05, 3.63) is 94.4 Å². The van der Waals surface area contributed by atoms with Gasteiger partial charge in [-0.05, 0) is 38.1 Å². The van der Waals surface area contributed by atoms with Crippen LogP contribution < -0.4 is 18.9 Å². The molecule has 154 valence electrons. The van der Waals surface area contributed by atoms with Gasteiger partial charge < -0.3 is 10.6 Å². The van der Waals surface area contributed by atoms with Crippen LogP contribution >= 0.6 is 0 Å². The Morgan fingerprint density at radius 3 is 1.32 bits per heavy atom. The van der Waals surface area contributed by atoms with Crippen molar-refractivity contribution in [1.29, 1.82) is 0 Å². The average Bonchev–Trinajstić information content (AvgIpc) is 2.75. The topological polar surface area (TPSA) is 122 Å². The number of rotatable bonds is 11. The predicted molar refractivity (Wildman–Crippen MR) is 111 cm³/mol. The number of hydrogen-bond acceptors (Lipinski definition) is 6. The van der Waals surface area contributed by atoms with Crippen LogP contribution in [-0.4, -0.2) is 46.2 Å². The Balaban J connectivity index is 0.00000480. The van der Waals surface area contributed by atoms with E-state index in [9.17, 15) is 19.2 Å². The van der Waals surface area contributed by atoms with Crippen LogP contribution in [0.2, 0.25) is 0 Å². The zero-order chi connectivity index (χ0) is 21.9. The zero-order valence-corrected chi connectivity index (χ0v) is 17.6. The molecule has 0 atom stereocenters. The molecular formula is C22H20LiN4O4-. The molecule has 0 unspecified atom stereocenters. The molecule has 8 nitrogen and oxygen atoms in total. The molecule has 2 rings (SSSR count). The predicted octanol–water partition coefficient (Wildman–Crippen LogP) is 0.239. The number of nitrogens with zero attached hydrogens (tertiary/aromatic N) is 4. The SMILES string of the molecule is CC(=O)/C(=C\[N-]CC[N-]/C=C(\C(C)=O)C(=O)c1ccncc1)C(=O)c1ccncc1.[Li+]. The van der Waals surface area contributed by atoms with Gasteiger partial charge in [0, 0.05) is 47.1 Å². The van der Waals surface area contributed by atoms with Gasteiger partial charge in [0.2, 0.25) is 0 Å². The van der Waals surface area contributed by atoms with Crippen LogP contribution in [0.5, 0.6) is 0 Å². The van der Waals surface area contributed by atoms with Gasteiger partial charge in [-0.1, -0.05) is 0 Å². The Kier molecular flexibility index (Phi) is 10.8. The molecular weight excluding hydrogens is 391 g/mol. The third-order valence-corrected chi connectivity index (χ3v) is 3.93. The van der Waals surface area contributed by atoms with Crippen LogP contribution in [0.15, 0.2) is 72.6 Å². The van der Waals surface area contributed by atoms with E-state index in [4.69, 9.17) is 0 Å². The molecule has 0 aliphatic rings. The van der Waals surface area contributed by atoms with Gasteiger partial charge in [0.25, 0.3) is 0 Å². The van der Waals surface area contributed by atoms with Gasteiger partial charge in [-0.15, -0.1) is 13.1 Å². The van der Waals surface area contributed by atoms with E-state index in [1.807, 2.05) is 0 Å². The number of pyridine rings is 2. The molecule has 0 fully saturated rings. The summed E-state index contributed by atoms with van der Waals surface area (Å²) in [6.07, 6.45) is 8.30. The van der Waals surface area contributed by atoms with Crippen LogP contribution in [0.4, 0.5) is 0 Å². The number of allylic oxidation sites excluding steroid dienone is 2. The summed E-state index contributed by atoms with van der Waals surface area (Å²) in [7, 11) is 0. The van der Waals surface area contributed by atoms with Crippen molar-refractivity contribution in [2.75, 3.05) is 13.1 Å². The van der Waals surface area contributed by atoms with E-state index in [0.717, 1.165) is 0 Å². The number of Topliss-reactive ketones (excluding diaryl/α,β-unsaturated/α-hetero) is 4. The number of ketones is 4. The second-order valence-corrected chi connectivity index (χ2v) is 6.14. The summed E-state index contributed by atoms with van der Waals surface area (Å²) in [4.78, 5) is 56.0. The number of carbonyl (C=O) groups is 4. The molecule has 0 bridgehead atoms. The first-order chi connectivity index (χ1) is 14.4. The van der Waals surface area contributed by atoms with Crippen molar-refractivity contribution < 1.29 is 38.0 Å². The van der Waals surface area contributed by atoms with Gasteiger partial charge in [-0.3, -0.25) is 29.1 Å². The van der Waals surface area contributed by atoms with Crippen molar-refractivity contribution in [3.8, 4) is 0 Å². The minimum absolute atomic E-state index is 0. The Labute approximate surface area is 192 Å². The van der Waals surface area contributed by atoms with Crippen molar-refractivity contribution in [1.82, 2.24) is 9.97 Å². The molecule has 0 N–H and O–H groups in total. The molecule has 0 spiro atoms. The van der Waals surface area contributed by atoms with Crippen LogP contribution in [0, 0.1) is 0 Å². The summed E-state index contributed by atoms with van der Waals surface area (Å²) < 4.78 is 0. The first-order valence-corrected chi connectivity index (χ1v) is 9.06. The van der Waals surface area contributed by atoms with Crippen molar-refractivity contribution in [3.63, 3.8) is 0 Å². The molecule has 2 aromatic heterocycles. The Morgan fingerprint density at radius 2 is 1.03 bits per heavy atom. The third-order valence-electron chi connectivity index (χ3n) is 3.93. The summed E-state index contributed by atoms with van der Waals surface area (Å²) in [5, 5.41) is 8.13. The van der Waals surface area contributed by atoms with E-state index in [2.05, 4.69) is 20.6 Å². The fourth-order valence-corrected chi connectivity index (χ4v) is 2.36. The molecule has 0 aliphatic heterocycles. The summed E-state index contributed by atoms with van der Waals surface area (Å²) in [5.41, 5.74) is 0.591. The second kappa shape index (κ2) is 13.1. The molecule has 0 saturated carbocycles. The number of carbonyl (C=O) groups excluding carboxylic acids is 4. The summed E-state index contributed by atoms with van der Waals surface area (Å²) in [5.74, 6) is -1.68. The normalized spacial score (nSPS) is 11.2. The fourth-order valence-electron chi connectivity index (χ4n) is 2.36. The van der Waals surface area contributed by atoms with Crippen molar-refractivity contribution >= 4 is 23.1 Å². The average molecular weight is 411 g/mol. The van der Waals surface area contributed by atoms with Crippen molar-refractivity contribution in [2.24, 2.45) is 0 Å². The second-order valence-electron chi connectivity index (χ2n) is 6.14. The van der Waals surface area contributed by atoms with Gasteiger partial charge in [-0.2, -0.15) is 12.4 Å². The van der Waals surface area contributed by atoms with E-state index in [1.165, 1.54) is 75.3 Å². The summed E-state index contributed by atoms with van der Waals surface area (Å²) in [6.45, 7) is 2.92. The maximum atomic E-state index is 12.4. The first kappa shape index (κ1) is 25.7. The van der Waals surface area contributed by atoms with Crippen LogP contribution in [-0.2, 0) is 9.59 Å². The number of aromatic nitrogens is 2. The standard InChI is InChI=1S/C22H22N4O4.Li/c1-15(27)19(21(29)17-3-7-23-8-4-17)13-25-11-12-26-14-20(16(2)28)22(30)18-5-9-24-10-6-18;/h3-10,13-14H,11-12H2,1-2H3,(H2,25,26,27,28,29,30);/q;+1/p-2. The largest absolute Gasteiger partial charge is 1.00 e. The molecule has 0 aromatic carbocycles. The van der Waals surface area contributed by atoms with E-state index in [0.29, 0.717) is 11.1 Å². The summed E-state index contributed by atoms with van der Waals surface area (Å²) in [6, 6.07) is 6.06. The smallest absolute Gasteiger partial charge is 0.691 e. The third kappa shape index (κ3) is 7.77. The Hall–Kier alpha value is -3.34. The first-order valence-electron chi connectivity index (χ1n) is 9.06. The van der Waals surface area contributed by atoms with E-state index >= 15 is 0 Å². The number of hydrogen-bond donors (Lipinski definition) is 0. The minimum Gasteiger partial charge on any atom is -0.691 e. The zero-order valence-electron chi connectivity index (χ0n) is 17.6. The van der Waals surface area contributed by atoms with Gasteiger partial charge >= 0.3 is 18.9 Å². The molecule has 0 amide bonds. The maximum absolute atomic E-state index is 12.4. The molecule has 0 aliphatic carbocycles. The van der Waals surface area contributed by atoms with E-state index < -0.39 is 23.1 Å². The molecule has 0 radical (unpaired) electrons. The quantitative estimate of drug-likeness (QED) is 0.130. The monoisotopic (exact) mass is 411 g/mol. The maximum Gasteiger partial charge on any atom is 1.00 e. The van der Waals surface area contributed by atoms with Gasteiger partial charge in [-0.25, -0.2) is 0 Å². The van der Waals surface area contributed by atoms with E-state index in [-0.39, 0.29) is 43.1 Å². The van der Waals surface area contributed by atoms with Gasteiger partial charge in [0.05, 0.1) is 0 Å². The van der Waals surface area contributed by atoms with Crippen LogP contribution in [0.1, 0.15) is 34.6 Å². The minimum atomic E-state index is -0.438. The van der Waals surface area contributed by atoms with Gasteiger partial charge in [0.1, 0.15) is 0 Å². The van der Waals surface area contributed by atoms with Crippen molar-refractivity contribution in [2.45, 2.75) is 13.8 Å². The molecule has 0 saturated heterocycles. The summed E-state index contributed by atoms with van der Waals surface area (Å²) >= 11 is 0. The molecule has 31 heavy (non-hydrogen) atoms. The van der Waals surface area contributed by atoms with Crippen LogP contribution in [0.25, 0.3) is 10.6 Å². The van der Waals surface area contributed by atoms with Gasteiger partial charge in [0.15, 0.2) is 23.1 Å². The van der Waals surface area contributed by atoms with E-state index in [1.54, 1.807) is 0 Å². The molecule has 9 heteroatoms. The molecule has 2 aromatic rings. The van der Waals surface area contributed by atoms with Crippen LogP contribution in [0.3, 0.4) is 0 Å². The Morgan fingerprint density at radius 1 is 0.710 bits per heavy atom. The Bertz CT molecular complexity index is 908.